The second-order valence-corrected chi connectivity index (χ2v) is 2.30. The summed E-state index contributed by atoms with van der Waals surface area (Å²) in [6.45, 7) is 0. The number of halogens is 3. The zero-order valence-corrected chi connectivity index (χ0v) is 13.5. The summed E-state index contributed by atoms with van der Waals surface area (Å²) >= 11 is 1.90. The first-order valence-electron chi connectivity index (χ1n) is 2.26. The van der Waals surface area contributed by atoms with Crippen molar-refractivity contribution >= 4 is 48.5 Å². The maximum atomic E-state index is 2.10. The van der Waals surface area contributed by atoms with E-state index in [1.54, 1.807) is 0 Å². The molecule has 1 rings (SSSR count). The number of hydrogen-bond acceptors (Lipinski definition) is 0. The van der Waals surface area contributed by atoms with E-state index in [0.29, 0.717) is 0 Å². The van der Waals surface area contributed by atoms with Gasteiger partial charge in [0.25, 0.3) is 0 Å². The standard InChI is InChI=1S/C6H5.3BrH.2Mg/c1-2-4-6-5-3-1;;;;;/h1-5H;3*1H;;/q;;;;+1;+2/p-3. The van der Waals surface area contributed by atoms with Gasteiger partial charge in [0.15, 0.2) is 0 Å². The van der Waals surface area contributed by atoms with Crippen LogP contribution in [0.4, 0.5) is 0 Å². The molecule has 0 saturated heterocycles. The zero-order valence-electron chi connectivity index (χ0n) is 5.93. The second kappa shape index (κ2) is 14.7. The molecule has 0 heterocycles. The van der Waals surface area contributed by atoms with Gasteiger partial charge < -0.3 is 50.9 Å². The molecular formula is C6H5Br3Mg2. The minimum atomic E-state index is 0. The molecule has 0 aliphatic carbocycles. The van der Waals surface area contributed by atoms with Crippen molar-refractivity contribution in [3.8, 4) is 0 Å². The van der Waals surface area contributed by atoms with Crippen molar-refractivity contribution < 1.29 is 50.9 Å². The molecule has 1 aromatic carbocycles. The van der Waals surface area contributed by atoms with Crippen molar-refractivity contribution in [2.24, 2.45) is 0 Å². The van der Waals surface area contributed by atoms with Crippen molar-refractivity contribution in [1.29, 1.82) is 0 Å². The Labute approximate surface area is 128 Å². The summed E-state index contributed by atoms with van der Waals surface area (Å²) in [5.74, 6) is 0. The average molecular weight is 365 g/mol. The molecule has 5 heteroatoms. The van der Waals surface area contributed by atoms with Gasteiger partial charge in [0.05, 0.1) is 0 Å². The molecule has 0 radical (unpaired) electrons. The van der Waals surface area contributed by atoms with E-state index < -0.39 is 0 Å². The number of rotatable bonds is 0. The minimum absolute atomic E-state index is 0. The molecule has 0 spiro atoms. The second-order valence-electron chi connectivity index (χ2n) is 1.49. The van der Waals surface area contributed by atoms with Gasteiger partial charge in [-0.2, -0.15) is 0 Å². The van der Waals surface area contributed by atoms with Gasteiger partial charge in [-0.05, 0) is 0 Å². The first-order valence-corrected chi connectivity index (χ1v) is 2.97. The molecule has 0 saturated carbocycles. The van der Waals surface area contributed by atoms with Crippen molar-refractivity contribution in [3.05, 3.63) is 30.3 Å². The van der Waals surface area contributed by atoms with E-state index in [2.05, 4.69) is 12.1 Å². The van der Waals surface area contributed by atoms with E-state index in [0.717, 1.165) is 0 Å². The summed E-state index contributed by atoms with van der Waals surface area (Å²) in [6.07, 6.45) is 0. The molecule has 1 aromatic rings. The van der Waals surface area contributed by atoms with E-state index in [9.17, 15) is 0 Å². The molecule has 11 heavy (non-hydrogen) atoms. The van der Waals surface area contributed by atoms with E-state index in [1.807, 2.05) is 39.9 Å². The summed E-state index contributed by atoms with van der Waals surface area (Å²) in [7, 11) is 0. The van der Waals surface area contributed by atoms with Crippen LogP contribution >= 0.6 is 0 Å². The van der Waals surface area contributed by atoms with Crippen LogP contribution in [0.3, 0.4) is 0 Å². The van der Waals surface area contributed by atoms with Gasteiger partial charge in [0.2, 0.25) is 0 Å². The van der Waals surface area contributed by atoms with Crippen LogP contribution in [0, 0.1) is 0 Å². The van der Waals surface area contributed by atoms with Gasteiger partial charge in [-0.15, -0.1) is 0 Å². The summed E-state index contributed by atoms with van der Waals surface area (Å²) in [5, 5.41) is 0. The molecule has 0 bridgehead atoms. The van der Waals surface area contributed by atoms with Gasteiger partial charge in [0, 0.05) is 0 Å². The van der Waals surface area contributed by atoms with Crippen LogP contribution in [-0.4, -0.2) is 44.8 Å². The maximum absolute atomic E-state index is 2.10. The van der Waals surface area contributed by atoms with Crippen LogP contribution in [-0.2, 0) is 0 Å². The first-order chi connectivity index (χ1) is 3.39. The molecule has 0 fully saturated rings. The Kier molecular flexibility index (Phi) is 31.0. The fourth-order valence-electron chi connectivity index (χ4n) is 0.478. The third-order valence-electron chi connectivity index (χ3n) is 0.843. The van der Waals surface area contributed by atoms with E-state index in [4.69, 9.17) is 0 Å². The Balaban J connectivity index is -0.0000000612. The Morgan fingerprint density at radius 3 is 1.36 bits per heavy atom. The van der Waals surface area contributed by atoms with Crippen LogP contribution in [0.15, 0.2) is 30.3 Å². The Morgan fingerprint density at radius 1 is 0.818 bits per heavy atom. The quantitative estimate of drug-likeness (QED) is 0.401. The molecular weight excluding hydrogens is 360 g/mol. The summed E-state index contributed by atoms with van der Waals surface area (Å²) in [6, 6.07) is 10.3. The molecule has 0 aliphatic rings. The predicted molar refractivity (Wildman–Crippen MR) is 37.6 cm³/mol. The van der Waals surface area contributed by atoms with Crippen LogP contribution in [0.5, 0.6) is 0 Å². The number of benzene rings is 1. The van der Waals surface area contributed by atoms with E-state index in [1.165, 1.54) is 3.69 Å². The predicted octanol–water partition coefficient (Wildman–Crippen LogP) is -8.89. The monoisotopic (exact) mass is 362 g/mol. The fourth-order valence-corrected chi connectivity index (χ4v) is 0.750. The van der Waals surface area contributed by atoms with Gasteiger partial charge in [-0.3, -0.25) is 0 Å². The van der Waals surface area contributed by atoms with Crippen molar-refractivity contribution in [2.75, 3.05) is 0 Å². The molecule has 0 atom stereocenters. The Bertz CT molecular complexity index is 146. The molecule has 0 amide bonds. The van der Waals surface area contributed by atoms with Crippen molar-refractivity contribution in [3.63, 3.8) is 0 Å². The number of hydrogen-bond donors (Lipinski definition) is 0. The topological polar surface area (TPSA) is 0 Å². The Hall–Kier alpha value is 2.19. The first kappa shape index (κ1) is 23.2. The molecule has 54 valence electrons. The third-order valence-corrected chi connectivity index (χ3v) is 1.31. The fraction of sp³-hybridized carbons (Fsp3) is 0. The molecule has 0 N–H and O–H groups in total. The Morgan fingerprint density at radius 2 is 1.18 bits per heavy atom. The van der Waals surface area contributed by atoms with Crippen LogP contribution in [0.1, 0.15) is 0 Å². The SMILES string of the molecule is [Br-].[Br-].[Br-].[Mg+2].[Mg+][c]1ccccc1. The van der Waals surface area contributed by atoms with Gasteiger partial charge in [0.1, 0.15) is 0 Å². The van der Waals surface area contributed by atoms with Crippen molar-refractivity contribution in [1.82, 2.24) is 0 Å². The molecule has 0 unspecified atom stereocenters. The average Bonchev–Trinajstić information content (AvgIpc) is 1.69. The summed E-state index contributed by atoms with van der Waals surface area (Å²) in [5.41, 5.74) is 0. The summed E-state index contributed by atoms with van der Waals surface area (Å²) in [4.78, 5) is 0. The molecule has 0 aromatic heterocycles. The van der Waals surface area contributed by atoms with Crippen LogP contribution in [0.2, 0.25) is 0 Å². The van der Waals surface area contributed by atoms with Crippen LogP contribution < -0.4 is 54.6 Å². The molecule has 0 aliphatic heterocycles. The van der Waals surface area contributed by atoms with Crippen molar-refractivity contribution in [2.45, 2.75) is 0 Å². The van der Waals surface area contributed by atoms with E-state index >= 15 is 0 Å². The van der Waals surface area contributed by atoms with Gasteiger partial charge in [-0.25, -0.2) is 0 Å². The van der Waals surface area contributed by atoms with Crippen LogP contribution in [0.25, 0.3) is 0 Å². The zero-order chi connectivity index (χ0) is 5.11. The third kappa shape index (κ3) is 12.2. The normalized spacial score (nSPS) is 5.64. The van der Waals surface area contributed by atoms with Gasteiger partial charge in [-0.1, -0.05) is 0 Å². The summed E-state index contributed by atoms with van der Waals surface area (Å²) < 4.78 is 1.35. The molecule has 0 nitrogen and oxygen atoms in total. The van der Waals surface area contributed by atoms with E-state index in [-0.39, 0.29) is 74.0 Å². The van der Waals surface area contributed by atoms with Gasteiger partial charge >= 0.3 is 78.8 Å².